The highest BCUT2D eigenvalue weighted by Gasteiger charge is 2.74. The van der Waals surface area contributed by atoms with E-state index in [4.69, 9.17) is 47.4 Å². The highest BCUT2D eigenvalue weighted by atomic mass is 16.8. The van der Waals surface area contributed by atoms with Crippen LogP contribution in [0.15, 0.2) is 23.8 Å². The summed E-state index contributed by atoms with van der Waals surface area (Å²) in [5, 5.41) is 157. The number of carbonyl (C=O) groups is 3. The second kappa shape index (κ2) is 26.3. The van der Waals surface area contributed by atoms with Gasteiger partial charge in [-0.1, -0.05) is 79.5 Å². The number of fused-ring (bicyclic) bond motifs is 7. The van der Waals surface area contributed by atoms with Gasteiger partial charge >= 0.3 is 17.9 Å². The van der Waals surface area contributed by atoms with Gasteiger partial charge in [0.05, 0.1) is 36.9 Å². The Labute approximate surface area is 517 Å². The Hall–Kier alpha value is -2.95. The Balaban J connectivity index is 1.04. The molecule has 89 heavy (non-hydrogen) atoms. The van der Waals surface area contributed by atoms with Crippen molar-refractivity contribution in [2.75, 3.05) is 19.8 Å². The topological polar surface area (TPSA) is 427 Å². The first-order valence-corrected chi connectivity index (χ1v) is 31.5. The largest absolute Gasteiger partial charge is 0.479 e. The minimum Gasteiger partial charge on any atom is -0.479 e. The first kappa shape index (κ1) is 70.4. The van der Waals surface area contributed by atoms with Gasteiger partial charge in [-0.3, -0.25) is 4.79 Å². The number of aliphatic hydroxyl groups excluding tert-OH is 13. The predicted octanol–water partition coefficient (Wildman–Crippen LogP) is -1.05. The normalized spacial score (nSPS) is 50.3. The molecular formula is C62H98O27. The van der Waals surface area contributed by atoms with Crippen molar-refractivity contribution in [2.24, 2.45) is 50.2 Å². The van der Waals surface area contributed by atoms with Crippen LogP contribution in [0.2, 0.25) is 0 Å². The molecule has 0 spiro atoms. The van der Waals surface area contributed by atoms with E-state index in [1.165, 1.54) is 19.9 Å². The molecule has 8 fully saturated rings. The molecule has 0 aromatic heterocycles. The number of allylic oxidation sites excluding steroid dienone is 3. The molecular weight excluding hydrogens is 1180 g/mol. The molecule has 0 aromatic carbocycles. The first-order valence-electron chi connectivity index (χ1n) is 31.5. The van der Waals surface area contributed by atoms with Gasteiger partial charge < -0.3 is 119 Å². The van der Waals surface area contributed by atoms with Crippen LogP contribution in [-0.2, 0) is 61.8 Å². The fraction of sp³-hybridized carbons (Fsp3) is 0.887. The van der Waals surface area contributed by atoms with E-state index in [-0.39, 0.29) is 24.9 Å². The quantitative estimate of drug-likeness (QED) is 0.0357. The standard InChI is InChI=1S/C62H98O27/c1-11-12-13-14-36(67)85-51-50(77)62(25-80-27(3)65)29(21-57(51,4)5)28-15-16-33-59(8)19-18-35(58(6,7)32(59)17-20-60(33,9)61(28,10)22-34(62)66)84-56-49(89-54-44(75)41(72)38(69)30(23-63)82-54)46(45(76)47(87-56)52(78)79)86-55-48(42(73)39(70)31(24-64)83-55)88-53-43(74)40(71)37(68)26(2)81-53/h13-15,26,29-35,37-51,53-56,63-64,66,68-77H,11-12,16-25H2,1-10H3,(H,78,79)/b14-13-/t26-,29-,30+,31+,32-,33+,34+,35-,37-,38+,39-,40+,41-,42-,43+,44+,45-,46-,47-,48+,49+,50-,51-,53-,54-,55-,56+,59-,60+,61+,62-/m0/s1. The number of rotatable bonds is 17. The van der Waals surface area contributed by atoms with Crippen molar-refractivity contribution < 1.29 is 133 Å². The van der Waals surface area contributed by atoms with Crippen LogP contribution in [0.4, 0.5) is 0 Å². The van der Waals surface area contributed by atoms with Crippen LogP contribution in [0.25, 0.3) is 0 Å². The zero-order chi connectivity index (χ0) is 65.6. The second-order valence-electron chi connectivity index (χ2n) is 28.8. The van der Waals surface area contributed by atoms with E-state index in [1.54, 1.807) is 6.08 Å². The Bertz CT molecular complexity index is 2570. The van der Waals surface area contributed by atoms with Crippen LogP contribution in [-0.4, -0.2) is 256 Å². The fourth-order valence-electron chi connectivity index (χ4n) is 17.7. The lowest BCUT2D eigenvalue weighted by Crippen LogP contribution is -2.72. The number of aliphatic carboxylic acids is 1. The number of unbranched alkanes of at least 4 members (excludes halogenated alkanes) is 1. The number of hydrogen-bond acceptors (Lipinski definition) is 26. The highest BCUT2D eigenvalue weighted by Crippen LogP contribution is 2.76. The maximum atomic E-state index is 13.3. The van der Waals surface area contributed by atoms with Gasteiger partial charge in [0, 0.05) is 18.4 Å². The van der Waals surface area contributed by atoms with E-state index in [1.807, 2.05) is 34.6 Å². The van der Waals surface area contributed by atoms with Gasteiger partial charge in [0.2, 0.25) is 0 Å². The molecule has 9 aliphatic rings. The summed E-state index contributed by atoms with van der Waals surface area (Å²) >= 11 is 0. The maximum absolute atomic E-state index is 13.3. The zero-order valence-corrected chi connectivity index (χ0v) is 52.4. The molecule has 4 saturated carbocycles. The van der Waals surface area contributed by atoms with Crippen molar-refractivity contribution in [3.05, 3.63) is 23.8 Å². The van der Waals surface area contributed by atoms with Crippen LogP contribution in [0.3, 0.4) is 0 Å². The third-order valence-corrected chi connectivity index (χ3v) is 22.9. The zero-order valence-electron chi connectivity index (χ0n) is 52.4. The predicted molar refractivity (Wildman–Crippen MR) is 303 cm³/mol. The number of ether oxygens (including phenoxy) is 10. The van der Waals surface area contributed by atoms with Crippen molar-refractivity contribution in [3.8, 4) is 0 Å². The van der Waals surface area contributed by atoms with Gasteiger partial charge in [0.15, 0.2) is 31.3 Å². The number of carboxylic acid groups (broad SMARTS) is 1. The van der Waals surface area contributed by atoms with Crippen molar-refractivity contribution in [3.63, 3.8) is 0 Å². The number of carboxylic acids is 1. The molecule has 508 valence electrons. The van der Waals surface area contributed by atoms with E-state index < -0.39 is 217 Å². The lowest BCUT2D eigenvalue weighted by atomic mass is 9.33. The van der Waals surface area contributed by atoms with Crippen molar-refractivity contribution in [2.45, 2.75) is 274 Å². The fourth-order valence-corrected chi connectivity index (χ4v) is 17.7. The molecule has 27 heteroatoms. The van der Waals surface area contributed by atoms with Crippen molar-refractivity contribution in [1.82, 2.24) is 0 Å². The number of carbonyl (C=O) groups excluding carboxylic acids is 2. The molecule has 14 N–H and O–H groups in total. The monoisotopic (exact) mass is 1270 g/mol. The van der Waals surface area contributed by atoms with Gasteiger partial charge in [0.1, 0.15) is 104 Å². The molecule has 4 saturated heterocycles. The smallest absolute Gasteiger partial charge is 0.335 e. The van der Waals surface area contributed by atoms with Gasteiger partial charge in [0.25, 0.3) is 0 Å². The van der Waals surface area contributed by atoms with Crippen molar-refractivity contribution in [1.29, 1.82) is 0 Å². The Morgan fingerprint density at radius 1 is 0.652 bits per heavy atom. The van der Waals surface area contributed by atoms with Crippen LogP contribution in [0.5, 0.6) is 0 Å². The van der Waals surface area contributed by atoms with E-state index in [0.717, 1.165) is 12.0 Å². The van der Waals surface area contributed by atoms with E-state index in [2.05, 4.69) is 26.8 Å². The summed E-state index contributed by atoms with van der Waals surface area (Å²) in [5.41, 5.74) is -3.65. The van der Waals surface area contributed by atoms with Crippen molar-refractivity contribution >= 4 is 17.9 Å². The summed E-state index contributed by atoms with van der Waals surface area (Å²) in [4.78, 5) is 39.2. The summed E-state index contributed by atoms with van der Waals surface area (Å²) in [6.45, 7) is 17.0. The third-order valence-electron chi connectivity index (χ3n) is 22.9. The van der Waals surface area contributed by atoms with E-state index in [0.29, 0.717) is 44.9 Å². The number of esters is 2. The summed E-state index contributed by atoms with van der Waals surface area (Å²) < 4.78 is 61.0. The van der Waals surface area contributed by atoms with Gasteiger partial charge in [-0.05, 0) is 97.7 Å². The molecule has 0 unspecified atom stereocenters. The molecule has 0 bridgehead atoms. The summed E-state index contributed by atoms with van der Waals surface area (Å²) in [6, 6.07) is 0. The SMILES string of the molecule is CCC/C=C\C(=O)O[C@H]1[C@H](O)[C@]2(COC(C)=O)[C@H](O)C[C@]3(C)C(=CC[C@@H]4[C@@]5(C)CC[C@H](O[C@@H]6O[C@H](C(=O)O)[C@@H](O)[C@H](O[C@@H]7O[C@H](CO)[C@H](O)[C@H](O)[C@H]7O[C@@H]7O[C@@H](C)[C@H](O)[C@@H](O)[C@H]7O)[C@H]6O[C@@H]6O[C@H](CO)[C@@H](O)[C@H](O)[C@H]6O)C(C)(C)[C@@H]5CC[C@]43C)[C@@H]2CC1(C)C. The minimum atomic E-state index is -2.29. The lowest BCUT2D eigenvalue weighted by molar-refractivity contribution is -0.406. The second-order valence-corrected chi connectivity index (χ2v) is 28.8. The lowest BCUT2D eigenvalue weighted by Gasteiger charge is -2.72. The summed E-state index contributed by atoms with van der Waals surface area (Å²) in [5.74, 6) is -3.62. The molecule has 0 aromatic rings. The van der Waals surface area contributed by atoms with Crippen LogP contribution in [0, 0.1) is 50.2 Å². The molecule has 0 radical (unpaired) electrons. The molecule has 4 aliphatic heterocycles. The van der Waals surface area contributed by atoms with Crippen LogP contribution >= 0.6 is 0 Å². The number of hydrogen-bond donors (Lipinski definition) is 14. The average Bonchev–Trinajstić information content (AvgIpc) is 0.672. The molecule has 0 amide bonds. The molecule has 31 atom stereocenters. The molecule has 9 rings (SSSR count). The Morgan fingerprint density at radius 2 is 1.24 bits per heavy atom. The maximum Gasteiger partial charge on any atom is 0.335 e. The van der Waals surface area contributed by atoms with E-state index in [9.17, 15) is 85.9 Å². The molecule has 4 heterocycles. The Morgan fingerprint density at radius 3 is 1.85 bits per heavy atom. The molecule has 5 aliphatic carbocycles. The molecule has 27 nitrogen and oxygen atoms in total. The minimum absolute atomic E-state index is 0.0301. The van der Waals surface area contributed by atoms with Gasteiger partial charge in [-0.25, -0.2) is 9.59 Å². The third kappa shape index (κ3) is 12.1. The first-order chi connectivity index (χ1) is 41.6. The van der Waals surface area contributed by atoms with Crippen LogP contribution < -0.4 is 0 Å². The van der Waals surface area contributed by atoms with Gasteiger partial charge in [-0.15, -0.1) is 0 Å². The summed E-state index contributed by atoms with van der Waals surface area (Å²) in [7, 11) is 0. The van der Waals surface area contributed by atoms with E-state index >= 15 is 0 Å². The summed E-state index contributed by atoms with van der Waals surface area (Å²) in [6.07, 6.45) is -32.6. The average molecular weight is 1280 g/mol. The Kier molecular flexibility index (Phi) is 20.8. The van der Waals surface area contributed by atoms with Crippen LogP contribution in [0.1, 0.15) is 127 Å². The number of aliphatic hydroxyl groups is 13. The van der Waals surface area contributed by atoms with Gasteiger partial charge in [-0.2, -0.15) is 0 Å². The highest BCUT2D eigenvalue weighted by molar-refractivity contribution is 5.82.